The molecule has 5 heteroatoms. The number of hydrogen-bond acceptors (Lipinski definition) is 5. The molecule has 19 heavy (non-hydrogen) atoms. The summed E-state index contributed by atoms with van der Waals surface area (Å²) in [6.45, 7) is 3.36. The number of ether oxygens (including phenoxy) is 1. The van der Waals surface area contributed by atoms with Crippen LogP contribution in [0.1, 0.15) is 23.0 Å². The molecule has 0 atom stereocenters. The average molecular weight is 258 g/mol. The van der Waals surface area contributed by atoms with Gasteiger partial charge in [0, 0.05) is 11.1 Å². The molecule has 0 aliphatic rings. The number of benzene rings is 1. The lowest BCUT2D eigenvalue weighted by Gasteiger charge is -2.07. The summed E-state index contributed by atoms with van der Waals surface area (Å²) in [6.07, 6.45) is 0. The number of fused-ring (bicyclic) bond motifs is 1. The number of aryl methyl sites for hydroxylation is 1. The minimum Gasteiger partial charge on any atom is -0.456 e. The highest BCUT2D eigenvalue weighted by Crippen LogP contribution is 2.18. The van der Waals surface area contributed by atoms with Crippen molar-refractivity contribution in [3.8, 4) is 0 Å². The van der Waals surface area contributed by atoms with Gasteiger partial charge in [-0.25, -0.2) is 4.79 Å². The fourth-order valence-corrected chi connectivity index (χ4v) is 1.75. The molecule has 0 aliphatic carbocycles. The van der Waals surface area contributed by atoms with Crippen LogP contribution in [0.15, 0.2) is 35.5 Å². The van der Waals surface area contributed by atoms with Crippen molar-refractivity contribution in [2.24, 2.45) is 5.16 Å². The quantitative estimate of drug-likeness (QED) is 0.397. The number of hydrogen-bond donors (Lipinski definition) is 1. The Labute approximate surface area is 110 Å². The third kappa shape index (κ3) is 2.88. The minimum absolute atomic E-state index is 0.0367. The molecule has 5 nitrogen and oxygen atoms in total. The van der Waals surface area contributed by atoms with E-state index in [0.29, 0.717) is 11.3 Å². The monoisotopic (exact) mass is 258 g/mol. The van der Waals surface area contributed by atoms with E-state index in [0.717, 1.165) is 16.6 Å². The molecule has 2 aromatic rings. The molecule has 0 unspecified atom stereocenters. The Hall–Kier alpha value is -2.43. The first kappa shape index (κ1) is 13.0. The molecule has 0 saturated carbocycles. The van der Waals surface area contributed by atoms with Crippen LogP contribution < -0.4 is 0 Å². The molecule has 0 radical (unpaired) electrons. The fraction of sp³-hybridized carbons (Fsp3) is 0.214. The Morgan fingerprint density at radius 3 is 2.89 bits per heavy atom. The van der Waals surface area contributed by atoms with Crippen molar-refractivity contribution in [2.45, 2.75) is 13.8 Å². The molecule has 0 amide bonds. The van der Waals surface area contributed by atoms with Crippen molar-refractivity contribution in [3.05, 3.63) is 41.6 Å². The SMILES string of the molecule is CC(COC(=O)c1cc(C)nc2ccccc12)=NO. The number of nitrogens with zero attached hydrogens (tertiary/aromatic N) is 2. The number of pyridine rings is 1. The molecular formula is C14H14N2O3. The lowest BCUT2D eigenvalue weighted by molar-refractivity contribution is 0.0563. The third-order valence-corrected chi connectivity index (χ3v) is 2.65. The molecule has 1 heterocycles. The van der Waals surface area contributed by atoms with Crippen molar-refractivity contribution in [2.75, 3.05) is 6.61 Å². The molecule has 0 saturated heterocycles. The predicted molar refractivity (Wildman–Crippen MR) is 71.7 cm³/mol. The van der Waals surface area contributed by atoms with Crippen LogP contribution >= 0.6 is 0 Å². The van der Waals surface area contributed by atoms with Gasteiger partial charge >= 0.3 is 5.97 Å². The summed E-state index contributed by atoms with van der Waals surface area (Å²) >= 11 is 0. The van der Waals surface area contributed by atoms with Crippen LogP contribution in [0.3, 0.4) is 0 Å². The Kier molecular flexibility index (Phi) is 3.75. The topological polar surface area (TPSA) is 71.8 Å². The molecular weight excluding hydrogens is 244 g/mol. The van der Waals surface area contributed by atoms with Crippen molar-refractivity contribution in [3.63, 3.8) is 0 Å². The van der Waals surface area contributed by atoms with E-state index in [-0.39, 0.29) is 6.61 Å². The summed E-state index contributed by atoms with van der Waals surface area (Å²) in [5, 5.41) is 12.2. The van der Waals surface area contributed by atoms with Gasteiger partial charge in [0.05, 0.1) is 16.8 Å². The van der Waals surface area contributed by atoms with Crippen LogP contribution in [-0.2, 0) is 4.74 Å². The summed E-state index contributed by atoms with van der Waals surface area (Å²) in [5.41, 5.74) is 2.30. The first-order chi connectivity index (χ1) is 9.11. The van der Waals surface area contributed by atoms with E-state index in [9.17, 15) is 4.79 Å². The Morgan fingerprint density at radius 2 is 2.16 bits per heavy atom. The van der Waals surface area contributed by atoms with Gasteiger partial charge in [-0.1, -0.05) is 23.4 Å². The number of para-hydroxylation sites is 1. The zero-order valence-electron chi connectivity index (χ0n) is 10.8. The summed E-state index contributed by atoms with van der Waals surface area (Å²) in [6, 6.07) is 9.07. The van der Waals surface area contributed by atoms with Crippen LogP contribution in [-0.4, -0.2) is 28.5 Å². The van der Waals surface area contributed by atoms with Gasteiger partial charge in [-0.05, 0) is 26.0 Å². The standard InChI is InChI=1S/C14H14N2O3/c1-9-7-12(14(17)19-8-10(2)16-18)11-5-3-4-6-13(11)15-9/h3-7,18H,8H2,1-2H3. The van der Waals surface area contributed by atoms with Crippen molar-refractivity contribution < 1.29 is 14.7 Å². The van der Waals surface area contributed by atoms with E-state index in [2.05, 4.69) is 10.1 Å². The molecule has 2 rings (SSSR count). The van der Waals surface area contributed by atoms with E-state index in [1.165, 1.54) is 0 Å². The van der Waals surface area contributed by atoms with Gasteiger partial charge in [-0.15, -0.1) is 0 Å². The molecule has 1 N–H and O–H groups in total. The highest BCUT2D eigenvalue weighted by atomic mass is 16.5. The summed E-state index contributed by atoms with van der Waals surface area (Å²) in [5.74, 6) is -0.454. The maximum absolute atomic E-state index is 12.0. The molecule has 0 bridgehead atoms. The van der Waals surface area contributed by atoms with Gasteiger partial charge in [0.25, 0.3) is 0 Å². The lowest BCUT2D eigenvalue weighted by atomic mass is 10.1. The van der Waals surface area contributed by atoms with Crippen LogP contribution in [0.4, 0.5) is 0 Å². The van der Waals surface area contributed by atoms with E-state index >= 15 is 0 Å². The summed E-state index contributed by atoms with van der Waals surface area (Å²) in [7, 11) is 0. The Morgan fingerprint density at radius 1 is 1.42 bits per heavy atom. The highest BCUT2D eigenvalue weighted by Gasteiger charge is 2.13. The van der Waals surface area contributed by atoms with Crippen LogP contribution in [0.25, 0.3) is 10.9 Å². The number of oxime groups is 1. The molecule has 98 valence electrons. The molecule has 0 aliphatic heterocycles. The largest absolute Gasteiger partial charge is 0.456 e. The van der Waals surface area contributed by atoms with Crippen LogP contribution in [0.5, 0.6) is 0 Å². The molecule has 0 spiro atoms. The van der Waals surface area contributed by atoms with Gasteiger partial charge in [0.1, 0.15) is 6.61 Å². The van der Waals surface area contributed by atoms with E-state index in [1.807, 2.05) is 31.2 Å². The lowest BCUT2D eigenvalue weighted by Crippen LogP contribution is -2.12. The predicted octanol–water partition coefficient (Wildman–Crippen LogP) is 2.55. The van der Waals surface area contributed by atoms with E-state index in [1.54, 1.807) is 13.0 Å². The van der Waals surface area contributed by atoms with Gasteiger partial charge in [0.2, 0.25) is 0 Å². The van der Waals surface area contributed by atoms with Gasteiger partial charge < -0.3 is 9.94 Å². The third-order valence-electron chi connectivity index (χ3n) is 2.65. The maximum Gasteiger partial charge on any atom is 0.339 e. The number of aromatic nitrogens is 1. The first-order valence-electron chi connectivity index (χ1n) is 5.83. The minimum atomic E-state index is -0.454. The normalized spacial score (nSPS) is 11.6. The molecule has 1 aromatic carbocycles. The number of esters is 1. The molecule has 1 aromatic heterocycles. The van der Waals surface area contributed by atoms with Crippen molar-refractivity contribution in [1.29, 1.82) is 0 Å². The van der Waals surface area contributed by atoms with Crippen LogP contribution in [0.2, 0.25) is 0 Å². The van der Waals surface area contributed by atoms with E-state index in [4.69, 9.17) is 9.94 Å². The summed E-state index contributed by atoms with van der Waals surface area (Å²) in [4.78, 5) is 16.4. The second-order valence-corrected chi connectivity index (χ2v) is 4.24. The number of rotatable bonds is 3. The number of carbonyl (C=O) groups excluding carboxylic acids is 1. The second-order valence-electron chi connectivity index (χ2n) is 4.24. The first-order valence-corrected chi connectivity index (χ1v) is 5.83. The Balaban J connectivity index is 2.36. The average Bonchev–Trinajstić information content (AvgIpc) is 2.43. The zero-order chi connectivity index (χ0) is 13.8. The smallest absolute Gasteiger partial charge is 0.339 e. The van der Waals surface area contributed by atoms with Crippen molar-refractivity contribution >= 4 is 22.6 Å². The second kappa shape index (κ2) is 5.48. The number of carbonyl (C=O) groups is 1. The Bertz CT molecular complexity index is 650. The fourth-order valence-electron chi connectivity index (χ4n) is 1.75. The van der Waals surface area contributed by atoms with Gasteiger partial charge in [0.15, 0.2) is 0 Å². The van der Waals surface area contributed by atoms with Gasteiger partial charge in [-0.2, -0.15) is 0 Å². The van der Waals surface area contributed by atoms with Gasteiger partial charge in [-0.3, -0.25) is 4.98 Å². The molecule has 0 fully saturated rings. The van der Waals surface area contributed by atoms with Crippen LogP contribution in [0, 0.1) is 6.92 Å². The summed E-state index contributed by atoms with van der Waals surface area (Å²) < 4.78 is 5.09. The highest BCUT2D eigenvalue weighted by molar-refractivity contribution is 6.04. The van der Waals surface area contributed by atoms with E-state index < -0.39 is 5.97 Å². The maximum atomic E-state index is 12.0. The van der Waals surface area contributed by atoms with Crippen molar-refractivity contribution in [1.82, 2.24) is 4.98 Å². The zero-order valence-corrected chi connectivity index (χ0v) is 10.8.